The van der Waals surface area contributed by atoms with E-state index in [1.807, 2.05) is 0 Å². The molecule has 1 aromatic heterocycles. The molecule has 1 fully saturated rings. The molecule has 0 amide bonds. The number of nitrogens with zero attached hydrogens (tertiary/aromatic N) is 2. The minimum absolute atomic E-state index is 0. The van der Waals surface area contributed by atoms with Gasteiger partial charge in [-0.25, -0.2) is 14.4 Å². The highest BCUT2D eigenvalue weighted by Crippen LogP contribution is 2.25. The van der Waals surface area contributed by atoms with Crippen molar-refractivity contribution in [3.63, 3.8) is 0 Å². The van der Waals surface area contributed by atoms with E-state index in [0.717, 1.165) is 13.0 Å². The van der Waals surface area contributed by atoms with Crippen LogP contribution in [0.5, 0.6) is 6.01 Å². The minimum atomic E-state index is -0.685. The Morgan fingerprint density at radius 2 is 2.10 bits per heavy atom. The van der Waals surface area contributed by atoms with Gasteiger partial charge < -0.3 is 19.9 Å². The zero-order chi connectivity index (χ0) is 19.9. The molecule has 3 rings (SSSR count). The number of halogens is 2. The van der Waals surface area contributed by atoms with Crippen LogP contribution in [0.15, 0.2) is 30.6 Å². The van der Waals surface area contributed by atoms with E-state index in [1.165, 1.54) is 18.5 Å². The third-order valence-electron chi connectivity index (χ3n) is 4.21. The molecule has 29 heavy (non-hydrogen) atoms. The summed E-state index contributed by atoms with van der Waals surface area (Å²) in [6, 6.07) is 4.98. The smallest absolute Gasteiger partial charge is 0.316 e. The van der Waals surface area contributed by atoms with Gasteiger partial charge in [0, 0.05) is 41.6 Å². The summed E-state index contributed by atoms with van der Waals surface area (Å²) in [6.07, 6.45) is 3.59. The third-order valence-corrected chi connectivity index (χ3v) is 4.21. The fourth-order valence-electron chi connectivity index (χ4n) is 2.72. The largest absolute Gasteiger partial charge is 0.463 e. The first-order chi connectivity index (χ1) is 13.5. The van der Waals surface area contributed by atoms with Gasteiger partial charge >= 0.3 is 12.0 Å². The van der Waals surface area contributed by atoms with Crippen LogP contribution in [0.4, 0.5) is 4.39 Å². The maximum Gasteiger partial charge on any atom is 0.316 e. The summed E-state index contributed by atoms with van der Waals surface area (Å²) in [5.41, 5.74) is 6.11. The highest BCUT2D eigenvalue weighted by molar-refractivity contribution is 5.94. The van der Waals surface area contributed by atoms with E-state index in [2.05, 4.69) is 9.97 Å². The Morgan fingerprint density at radius 1 is 1.34 bits per heavy atom. The van der Waals surface area contributed by atoms with Crippen LogP contribution in [0.1, 0.15) is 18.4 Å². The van der Waals surface area contributed by atoms with Crippen molar-refractivity contribution in [2.24, 2.45) is 11.7 Å². The second kappa shape index (κ2) is 10.7. The zero-order valence-corrected chi connectivity index (χ0v) is 16.4. The Balaban J connectivity index is 0.00000300. The van der Waals surface area contributed by atoms with Gasteiger partial charge in [-0.15, -0.1) is 12.4 Å². The standard InChI is InChI=1S/C19H21FN4O4.ClH/c20-18-13(11-27-17(25)6-16(21)22)2-1-3-15(18)14-7-23-19(24-8-14)28-10-12-4-5-26-9-12;/h1-3,7-8,12H,4-6,9-11H2,(H3,21,22);1H. The van der Waals surface area contributed by atoms with E-state index in [1.54, 1.807) is 12.1 Å². The van der Waals surface area contributed by atoms with Crippen LogP contribution in [-0.4, -0.2) is 41.6 Å². The van der Waals surface area contributed by atoms with Crippen molar-refractivity contribution in [3.8, 4) is 17.1 Å². The Kier molecular flexibility index (Phi) is 8.29. The van der Waals surface area contributed by atoms with Gasteiger partial charge in [0.15, 0.2) is 0 Å². The normalized spacial score (nSPS) is 15.4. The summed E-state index contributed by atoms with van der Waals surface area (Å²) in [4.78, 5) is 19.7. The SMILES string of the molecule is Cl.N=C(N)CC(=O)OCc1cccc(-c2cnc(OCC3CCOC3)nc2)c1F. The van der Waals surface area contributed by atoms with E-state index in [0.29, 0.717) is 24.7 Å². The summed E-state index contributed by atoms with van der Waals surface area (Å²) in [7, 11) is 0. The summed E-state index contributed by atoms with van der Waals surface area (Å²) in [6.45, 7) is 1.65. The van der Waals surface area contributed by atoms with E-state index < -0.39 is 11.8 Å². The molecular formula is C19H22ClFN4O4. The van der Waals surface area contributed by atoms with Gasteiger partial charge in [0.25, 0.3) is 0 Å². The predicted molar refractivity (Wildman–Crippen MR) is 105 cm³/mol. The van der Waals surface area contributed by atoms with E-state index in [9.17, 15) is 9.18 Å². The predicted octanol–water partition coefficient (Wildman–Crippen LogP) is 2.49. The van der Waals surface area contributed by atoms with Crippen molar-refractivity contribution in [2.75, 3.05) is 19.8 Å². The molecule has 1 aliphatic heterocycles. The fraction of sp³-hybridized carbons (Fsp3) is 0.368. The monoisotopic (exact) mass is 424 g/mol. The number of rotatable bonds is 8. The topological polar surface area (TPSA) is 120 Å². The van der Waals surface area contributed by atoms with Gasteiger partial charge in [-0.1, -0.05) is 18.2 Å². The number of hydrogen-bond donors (Lipinski definition) is 2. The highest BCUT2D eigenvalue weighted by atomic mass is 35.5. The lowest BCUT2D eigenvalue weighted by Gasteiger charge is -2.10. The molecule has 3 N–H and O–H groups in total. The molecule has 0 spiro atoms. The lowest BCUT2D eigenvalue weighted by molar-refractivity contribution is -0.143. The van der Waals surface area contributed by atoms with Gasteiger partial charge in [-0.05, 0) is 6.42 Å². The van der Waals surface area contributed by atoms with Crippen molar-refractivity contribution in [1.82, 2.24) is 9.97 Å². The van der Waals surface area contributed by atoms with Crippen molar-refractivity contribution in [3.05, 3.63) is 42.0 Å². The number of carbonyl (C=O) groups excluding carboxylic acids is 1. The molecule has 1 saturated heterocycles. The number of esters is 1. The summed E-state index contributed by atoms with van der Waals surface area (Å²) in [5.74, 6) is -1.18. The molecule has 0 radical (unpaired) electrons. The maximum absolute atomic E-state index is 14.8. The van der Waals surface area contributed by atoms with Gasteiger partial charge in [0.05, 0.1) is 13.2 Å². The van der Waals surface area contributed by atoms with Gasteiger partial charge in [-0.2, -0.15) is 0 Å². The summed E-state index contributed by atoms with van der Waals surface area (Å²) >= 11 is 0. The molecule has 0 bridgehead atoms. The maximum atomic E-state index is 14.8. The van der Waals surface area contributed by atoms with Crippen molar-refractivity contribution in [1.29, 1.82) is 5.41 Å². The fourth-order valence-corrected chi connectivity index (χ4v) is 2.72. The highest BCUT2D eigenvalue weighted by Gasteiger charge is 2.17. The molecule has 2 heterocycles. The second-order valence-corrected chi connectivity index (χ2v) is 6.44. The molecule has 1 atom stereocenters. The number of amidine groups is 1. The van der Waals surface area contributed by atoms with Crippen LogP contribution >= 0.6 is 12.4 Å². The molecule has 1 aromatic carbocycles. The first-order valence-electron chi connectivity index (χ1n) is 8.82. The first-order valence-corrected chi connectivity index (χ1v) is 8.82. The lowest BCUT2D eigenvalue weighted by Crippen LogP contribution is -2.17. The molecule has 10 heteroatoms. The average molecular weight is 425 g/mol. The minimum Gasteiger partial charge on any atom is -0.463 e. The molecule has 1 aliphatic rings. The summed E-state index contributed by atoms with van der Waals surface area (Å²) in [5, 5.41) is 7.06. The number of aromatic nitrogens is 2. The van der Waals surface area contributed by atoms with Crippen LogP contribution in [-0.2, 0) is 20.9 Å². The van der Waals surface area contributed by atoms with E-state index in [-0.39, 0.29) is 48.4 Å². The van der Waals surface area contributed by atoms with Crippen LogP contribution < -0.4 is 10.5 Å². The molecule has 1 unspecified atom stereocenters. The lowest BCUT2D eigenvalue weighted by atomic mass is 10.1. The Bertz CT molecular complexity index is 845. The molecule has 8 nitrogen and oxygen atoms in total. The number of carbonyl (C=O) groups is 1. The van der Waals surface area contributed by atoms with Gasteiger partial charge in [0.2, 0.25) is 0 Å². The average Bonchev–Trinajstić information content (AvgIpc) is 3.19. The molecule has 0 saturated carbocycles. The number of ether oxygens (including phenoxy) is 3. The Morgan fingerprint density at radius 3 is 2.76 bits per heavy atom. The van der Waals surface area contributed by atoms with Crippen LogP contribution in [0, 0.1) is 17.1 Å². The van der Waals surface area contributed by atoms with Crippen LogP contribution in [0.2, 0.25) is 0 Å². The molecule has 2 aromatic rings. The van der Waals surface area contributed by atoms with Crippen LogP contribution in [0.3, 0.4) is 0 Å². The van der Waals surface area contributed by atoms with E-state index in [4.69, 9.17) is 25.4 Å². The number of nitrogens with one attached hydrogen (secondary N) is 1. The van der Waals surface area contributed by atoms with Crippen LogP contribution in [0.25, 0.3) is 11.1 Å². The molecular weight excluding hydrogens is 403 g/mol. The van der Waals surface area contributed by atoms with Gasteiger partial charge in [-0.3, -0.25) is 10.2 Å². The van der Waals surface area contributed by atoms with E-state index >= 15 is 0 Å². The number of nitrogens with two attached hydrogens (primary N) is 1. The number of benzene rings is 1. The van der Waals surface area contributed by atoms with Crippen molar-refractivity contribution >= 4 is 24.2 Å². The molecule has 156 valence electrons. The Labute approximate surface area is 173 Å². The van der Waals surface area contributed by atoms with Crippen molar-refractivity contribution in [2.45, 2.75) is 19.4 Å². The Hall–Kier alpha value is -2.78. The quantitative estimate of drug-likeness (QED) is 0.379. The first kappa shape index (κ1) is 22.5. The zero-order valence-electron chi connectivity index (χ0n) is 15.6. The van der Waals surface area contributed by atoms with Crippen molar-refractivity contribution < 1.29 is 23.4 Å². The summed E-state index contributed by atoms with van der Waals surface area (Å²) < 4.78 is 30.6. The third kappa shape index (κ3) is 6.37. The number of hydrogen-bond acceptors (Lipinski definition) is 7. The molecule has 0 aliphatic carbocycles. The second-order valence-electron chi connectivity index (χ2n) is 6.44. The van der Waals surface area contributed by atoms with Gasteiger partial charge in [0.1, 0.15) is 24.7 Å².